The van der Waals surface area contributed by atoms with Crippen LogP contribution in [0.25, 0.3) is 10.1 Å². The first-order valence-electron chi connectivity index (χ1n) is 9.03. The van der Waals surface area contributed by atoms with Gasteiger partial charge in [0.25, 0.3) is 17.5 Å². The Morgan fingerprint density at radius 1 is 1.31 bits per heavy atom. The lowest BCUT2D eigenvalue weighted by atomic mass is 10.0. The Morgan fingerprint density at radius 2 is 2.10 bits per heavy atom. The largest absolute Gasteiger partial charge is 0.365 e. The van der Waals surface area contributed by atoms with E-state index in [-0.39, 0.29) is 11.6 Å². The molecular weight excluding hydrogens is 412 g/mol. The fourth-order valence-corrected chi connectivity index (χ4v) is 5.72. The zero-order valence-electron chi connectivity index (χ0n) is 15.6. The number of carbonyl (C=O) groups excluding carboxylic acids is 2. The fourth-order valence-electron chi connectivity index (χ4n) is 3.50. The number of non-ortho nitro benzene ring substituents is 1. The number of anilines is 1. The molecule has 0 spiro atoms. The van der Waals surface area contributed by atoms with Gasteiger partial charge in [-0.1, -0.05) is 6.92 Å². The minimum Gasteiger partial charge on any atom is -0.365 e. The van der Waals surface area contributed by atoms with Crippen molar-refractivity contribution in [2.45, 2.75) is 19.9 Å². The van der Waals surface area contributed by atoms with Crippen LogP contribution in [0.3, 0.4) is 0 Å². The maximum atomic E-state index is 12.8. The highest BCUT2D eigenvalue weighted by Gasteiger charge is 2.27. The Morgan fingerprint density at radius 3 is 2.79 bits per heavy atom. The van der Waals surface area contributed by atoms with Gasteiger partial charge in [0, 0.05) is 40.2 Å². The predicted molar refractivity (Wildman–Crippen MR) is 114 cm³/mol. The number of thiophene rings is 2. The van der Waals surface area contributed by atoms with E-state index in [1.807, 2.05) is 0 Å². The smallest absolute Gasteiger partial charge is 0.270 e. The SMILES string of the molecule is CCN1CCc2c(sc(NC(=O)c3cc4cc([N+](=O)[O-])ccc4s3)c2C(N)=O)C1. The molecule has 0 unspecified atom stereocenters. The Kier molecular flexibility index (Phi) is 5.07. The van der Waals surface area contributed by atoms with Crippen LogP contribution in [0.1, 0.15) is 37.4 Å². The highest BCUT2D eigenvalue weighted by Crippen LogP contribution is 2.37. The van der Waals surface area contributed by atoms with E-state index in [2.05, 4.69) is 17.1 Å². The number of nitrogens with one attached hydrogen (secondary N) is 1. The van der Waals surface area contributed by atoms with E-state index in [0.717, 1.165) is 41.2 Å². The molecule has 29 heavy (non-hydrogen) atoms. The zero-order valence-corrected chi connectivity index (χ0v) is 17.2. The van der Waals surface area contributed by atoms with Gasteiger partial charge in [-0.15, -0.1) is 22.7 Å². The number of carbonyl (C=O) groups is 2. The molecule has 0 atom stereocenters. The summed E-state index contributed by atoms with van der Waals surface area (Å²) in [6.45, 7) is 4.59. The fraction of sp³-hybridized carbons (Fsp3) is 0.263. The second-order valence-corrected chi connectivity index (χ2v) is 8.92. The maximum absolute atomic E-state index is 12.8. The van der Waals surface area contributed by atoms with Gasteiger partial charge in [-0.3, -0.25) is 24.6 Å². The quantitative estimate of drug-likeness (QED) is 0.473. The number of hydrogen-bond acceptors (Lipinski definition) is 7. The second kappa shape index (κ2) is 7.54. The lowest BCUT2D eigenvalue weighted by Crippen LogP contribution is -2.30. The van der Waals surface area contributed by atoms with Crippen LogP contribution in [0.4, 0.5) is 10.7 Å². The average Bonchev–Trinajstić information content (AvgIpc) is 3.27. The molecule has 0 saturated carbocycles. The van der Waals surface area contributed by atoms with Gasteiger partial charge in [0.1, 0.15) is 5.00 Å². The van der Waals surface area contributed by atoms with Crippen LogP contribution in [-0.4, -0.2) is 34.7 Å². The molecule has 1 aliphatic rings. The van der Waals surface area contributed by atoms with E-state index < -0.39 is 10.8 Å². The molecule has 2 amide bonds. The third-order valence-corrected chi connectivity index (χ3v) is 7.24. The van der Waals surface area contributed by atoms with Crippen molar-refractivity contribution in [3.8, 4) is 0 Å². The molecule has 3 heterocycles. The minimum atomic E-state index is -0.547. The van der Waals surface area contributed by atoms with Crippen molar-refractivity contribution in [1.82, 2.24) is 4.90 Å². The van der Waals surface area contributed by atoms with E-state index in [4.69, 9.17) is 5.73 Å². The van der Waals surface area contributed by atoms with Crippen molar-refractivity contribution < 1.29 is 14.5 Å². The van der Waals surface area contributed by atoms with Crippen molar-refractivity contribution >= 4 is 55.3 Å². The van der Waals surface area contributed by atoms with Crippen LogP contribution in [-0.2, 0) is 13.0 Å². The summed E-state index contributed by atoms with van der Waals surface area (Å²) in [6.07, 6.45) is 0.723. The summed E-state index contributed by atoms with van der Waals surface area (Å²) in [7, 11) is 0. The van der Waals surface area contributed by atoms with Crippen LogP contribution in [0.5, 0.6) is 0 Å². The summed E-state index contributed by atoms with van der Waals surface area (Å²) in [6, 6.07) is 6.12. The third kappa shape index (κ3) is 3.61. The molecule has 8 nitrogen and oxygen atoms in total. The van der Waals surface area contributed by atoms with Crippen LogP contribution in [0.15, 0.2) is 24.3 Å². The number of likely N-dealkylation sites (N-methyl/N-ethyl adjacent to an activating group) is 1. The summed E-state index contributed by atoms with van der Waals surface area (Å²) < 4.78 is 0.778. The normalized spacial score (nSPS) is 14.0. The molecule has 0 radical (unpaired) electrons. The zero-order chi connectivity index (χ0) is 20.7. The number of amides is 2. The van der Waals surface area contributed by atoms with Crippen molar-refractivity contribution in [3.05, 3.63) is 55.3 Å². The molecule has 150 valence electrons. The number of hydrogen-bond donors (Lipinski definition) is 2. The van der Waals surface area contributed by atoms with Crippen LogP contribution < -0.4 is 11.1 Å². The van der Waals surface area contributed by atoms with Crippen LogP contribution in [0, 0.1) is 10.1 Å². The topological polar surface area (TPSA) is 119 Å². The molecule has 3 N–H and O–H groups in total. The molecule has 0 aliphatic carbocycles. The van der Waals surface area contributed by atoms with Gasteiger partial charge in [0.15, 0.2) is 0 Å². The van der Waals surface area contributed by atoms with E-state index in [1.54, 1.807) is 12.1 Å². The highest BCUT2D eigenvalue weighted by molar-refractivity contribution is 7.21. The average molecular weight is 431 g/mol. The summed E-state index contributed by atoms with van der Waals surface area (Å²) in [4.78, 5) is 39.1. The lowest BCUT2D eigenvalue weighted by molar-refractivity contribution is -0.384. The molecule has 2 aromatic heterocycles. The van der Waals surface area contributed by atoms with Crippen LogP contribution in [0.2, 0.25) is 0 Å². The van der Waals surface area contributed by atoms with E-state index in [1.165, 1.54) is 34.8 Å². The van der Waals surface area contributed by atoms with Gasteiger partial charge in [-0.05, 0) is 30.7 Å². The maximum Gasteiger partial charge on any atom is 0.270 e. The van der Waals surface area contributed by atoms with E-state index in [0.29, 0.717) is 20.8 Å². The van der Waals surface area contributed by atoms with Gasteiger partial charge >= 0.3 is 0 Å². The molecule has 10 heteroatoms. The Labute approximate surface area is 174 Å². The molecule has 4 rings (SSSR count). The van der Waals surface area contributed by atoms with Gasteiger partial charge in [0.05, 0.1) is 15.4 Å². The Hall–Kier alpha value is -2.82. The molecule has 0 bridgehead atoms. The van der Waals surface area contributed by atoms with Crippen molar-refractivity contribution in [1.29, 1.82) is 0 Å². The number of benzene rings is 1. The summed E-state index contributed by atoms with van der Waals surface area (Å²) >= 11 is 2.63. The monoisotopic (exact) mass is 430 g/mol. The molecule has 0 saturated heterocycles. The molecule has 0 fully saturated rings. The number of nitro groups is 1. The first-order chi connectivity index (χ1) is 13.9. The molecule has 3 aromatic rings. The number of rotatable bonds is 5. The summed E-state index contributed by atoms with van der Waals surface area (Å²) in [5.74, 6) is -0.906. The summed E-state index contributed by atoms with van der Waals surface area (Å²) in [5.41, 5.74) is 6.91. The van der Waals surface area contributed by atoms with Gasteiger partial charge in [0.2, 0.25) is 0 Å². The first kappa shape index (κ1) is 19.5. The third-order valence-electron chi connectivity index (χ3n) is 4.99. The molecular formula is C19H18N4O4S2. The Bertz CT molecular complexity index is 1150. The van der Waals surface area contributed by atoms with Gasteiger partial charge < -0.3 is 11.1 Å². The molecule has 1 aliphatic heterocycles. The summed E-state index contributed by atoms with van der Waals surface area (Å²) in [5, 5.41) is 14.9. The standard InChI is InChI=1S/C19H18N4O4S2/c1-2-22-6-5-12-15(9-22)29-19(16(12)17(20)24)21-18(25)14-8-10-7-11(23(26)27)3-4-13(10)28-14/h3-4,7-8H,2,5-6,9H2,1H3,(H2,20,24)(H,21,25). The number of primary amides is 1. The van der Waals surface area contributed by atoms with E-state index >= 15 is 0 Å². The molecule has 1 aromatic carbocycles. The second-order valence-electron chi connectivity index (χ2n) is 6.73. The van der Waals surface area contributed by atoms with Crippen molar-refractivity contribution in [3.63, 3.8) is 0 Å². The lowest BCUT2D eigenvalue weighted by Gasteiger charge is -2.25. The number of nitrogens with two attached hydrogens (primary N) is 1. The highest BCUT2D eigenvalue weighted by atomic mass is 32.1. The van der Waals surface area contributed by atoms with Crippen molar-refractivity contribution in [2.24, 2.45) is 5.73 Å². The van der Waals surface area contributed by atoms with Crippen LogP contribution >= 0.6 is 22.7 Å². The number of fused-ring (bicyclic) bond motifs is 2. The minimum absolute atomic E-state index is 0.0234. The number of nitro benzene ring substituents is 1. The first-order valence-corrected chi connectivity index (χ1v) is 10.7. The van der Waals surface area contributed by atoms with E-state index in [9.17, 15) is 19.7 Å². The Balaban J connectivity index is 1.65. The van der Waals surface area contributed by atoms with Gasteiger partial charge in [-0.25, -0.2) is 0 Å². The number of nitrogens with zero attached hydrogens (tertiary/aromatic N) is 2. The predicted octanol–water partition coefficient (Wildman–Crippen LogP) is 3.60. The van der Waals surface area contributed by atoms with Gasteiger partial charge in [-0.2, -0.15) is 0 Å². The van der Waals surface area contributed by atoms with Crippen molar-refractivity contribution in [2.75, 3.05) is 18.4 Å².